The SMILES string of the molecule is Cc1cc(C)[n+](C)c(C=Cc2ccc(Cl)cc2)n1. The van der Waals surface area contributed by atoms with Crippen molar-refractivity contribution in [3.63, 3.8) is 0 Å². The number of benzene rings is 1. The van der Waals surface area contributed by atoms with E-state index in [1.807, 2.05) is 50.4 Å². The number of aryl methyl sites for hydroxylation is 2. The number of hydrogen-bond acceptors (Lipinski definition) is 1. The Morgan fingerprint density at radius 2 is 1.78 bits per heavy atom. The molecule has 0 aliphatic heterocycles. The molecule has 18 heavy (non-hydrogen) atoms. The Hall–Kier alpha value is -1.67. The zero-order valence-electron chi connectivity index (χ0n) is 10.8. The molecule has 2 rings (SSSR count). The summed E-state index contributed by atoms with van der Waals surface area (Å²) >= 11 is 5.86. The molecule has 1 heterocycles. The van der Waals surface area contributed by atoms with Crippen LogP contribution in [0.4, 0.5) is 0 Å². The molecular formula is C15H16ClN2+. The fraction of sp³-hybridized carbons (Fsp3) is 0.200. The van der Waals surface area contributed by atoms with Crippen LogP contribution in [-0.4, -0.2) is 4.98 Å². The first-order valence-corrected chi connectivity index (χ1v) is 6.22. The molecule has 0 radical (unpaired) electrons. The van der Waals surface area contributed by atoms with E-state index in [1.54, 1.807) is 0 Å². The van der Waals surface area contributed by atoms with Crippen molar-refractivity contribution in [2.75, 3.05) is 0 Å². The molecule has 0 saturated carbocycles. The van der Waals surface area contributed by atoms with Crippen LogP contribution in [0.2, 0.25) is 5.02 Å². The van der Waals surface area contributed by atoms with Gasteiger partial charge in [-0.3, -0.25) is 0 Å². The lowest BCUT2D eigenvalue weighted by Crippen LogP contribution is -2.36. The Morgan fingerprint density at radius 3 is 2.44 bits per heavy atom. The Morgan fingerprint density at radius 1 is 1.11 bits per heavy atom. The molecule has 0 saturated heterocycles. The first-order chi connectivity index (χ1) is 8.56. The standard InChI is InChI=1S/C15H16ClN2/c1-11-10-12(2)18(3)15(17-11)9-6-13-4-7-14(16)8-5-13/h4-10H,1-3H3/q+1. The summed E-state index contributed by atoms with van der Waals surface area (Å²) in [6.45, 7) is 4.08. The van der Waals surface area contributed by atoms with Gasteiger partial charge in [-0.25, -0.2) is 4.57 Å². The number of nitrogens with zero attached hydrogens (tertiary/aromatic N) is 2. The number of hydrogen-bond donors (Lipinski definition) is 0. The summed E-state index contributed by atoms with van der Waals surface area (Å²) in [4.78, 5) is 4.52. The van der Waals surface area contributed by atoms with Gasteiger partial charge in [-0.15, -0.1) is 0 Å². The minimum Gasteiger partial charge on any atom is -0.231 e. The number of halogens is 1. The topological polar surface area (TPSA) is 16.8 Å². The van der Waals surface area contributed by atoms with Gasteiger partial charge in [0, 0.05) is 24.1 Å². The average Bonchev–Trinajstić information content (AvgIpc) is 2.34. The van der Waals surface area contributed by atoms with Gasteiger partial charge in [0.15, 0.2) is 5.69 Å². The number of aromatic nitrogens is 2. The smallest absolute Gasteiger partial charge is 0.231 e. The van der Waals surface area contributed by atoms with Crippen LogP contribution in [0.5, 0.6) is 0 Å². The van der Waals surface area contributed by atoms with Gasteiger partial charge in [0.1, 0.15) is 5.69 Å². The third-order valence-electron chi connectivity index (χ3n) is 2.88. The normalized spacial score (nSPS) is 11.1. The maximum atomic E-state index is 5.86. The predicted molar refractivity (Wildman–Crippen MR) is 75.3 cm³/mol. The average molecular weight is 260 g/mol. The minimum absolute atomic E-state index is 0.752. The van der Waals surface area contributed by atoms with Crippen molar-refractivity contribution in [3.8, 4) is 0 Å². The summed E-state index contributed by atoms with van der Waals surface area (Å²) in [7, 11) is 2.02. The highest BCUT2D eigenvalue weighted by Gasteiger charge is 2.09. The Balaban J connectivity index is 2.31. The molecule has 0 N–H and O–H groups in total. The second kappa shape index (κ2) is 5.32. The summed E-state index contributed by atoms with van der Waals surface area (Å²) in [6.07, 6.45) is 4.06. The van der Waals surface area contributed by atoms with Gasteiger partial charge in [0.05, 0.1) is 7.05 Å². The van der Waals surface area contributed by atoms with E-state index in [9.17, 15) is 0 Å². The van der Waals surface area contributed by atoms with Crippen LogP contribution >= 0.6 is 11.6 Å². The van der Waals surface area contributed by atoms with E-state index in [1.165, 1.54) is 5.69 Å². The van der Waals surface area contributed by atoms with Crippen LogP contribution in [0.15, 0.2) is 30.3 Å². The molecular weight excluding hydrogens is 244 g/mol. The van der Waals surface area contributed by atoms with Crippen molar-refractivity contribution >= 4 is 23.8 Å². The Bertz CT molecular complexity index is 586. The van der Waals surface area contributed by atoms with E-state index in [4.69, 9.17) is 11.6 Å². The minimum atomic E-state index is 0.752. The lowest BCUT2D eigenvalue weighted by atomic mass is 10.2. The molecule has 2 nitrogen and oxygen atoms in total. The van der Waals surface area contributed by atoms with Gasteiger partial charge in [-0.05, 0) is 35.7 Å². The molecule has 0 amide bonds. The first-order valence-electron chi connectivity index (χ1n) is 5.84. The van der Waals surface area contributed by atoms with Gasteiger partial charge in [0.2, 0.25) is 0 Å². The van der Waals surface area contributed by atoms with Gasteiger partial charge < -0.3 is 0 Å². The monoisotopic (exact) mass is 259 g/mol. The quantitative estimate of drug-likeness (QED) is 0.756. The van der Waals surface area contributed by atoms with Gasteiger partial charge >= 0.3 is 5.82 Å². The van der Waals surface area contributed by atoms with Crippen molar-refractivity contribution < 1.29 is 4.57 Å². The lowest BCUT2D eigenvalue weighted by molar-refractivity contribution is -0.682. The summed E-state index contributed by atoms with van der Waals surface area (Å²) in [5.41, 5.74) is 3.33. The van der Waals surface area contributed by atoms with Crippen molar-refractivity contribution in [1.29, 1.82) is 0 Å². The summed E-state index contributed by atoms with van der Waals surface area (Å²) < 4.78 is 2.07. The molecule has 2 aromatic rings. The van der Waals surface area contributed by atoms with Gasteiger partial charge in [-0.1, -0.05) is 23.7 Å². The van der Waals surface area contributed by atoms with E-state index in [-0.39, 0.29) is 0 Å². The van der Waals surface area contributed by atoms with Crippen LogP contribution in [-0.2, 0) is 7.05 Å². The maximum absolute atomic E-state index is 5.86. The molecule has 0 aliphatic rings. The first kappa shape index (κ1) is 12.8. The third-order valence-corrected chi connectivity index (χ3v) is 3.13. The van der Waals surface area contributed by atoms with Crippen LogP contribution in [0.1, 0.15) is 22.8 Å². The molecule has 92 valence electrons. The summed E-state index contributed by atoms with van der Waals surface area (Å²) in [5, 5.41) is 0.752. The fourth-order valence-electron chi connectivity index (χ4n) is 1.76. The Labute approximate surface area is 113 Å². The van der Waals surface area contributed by atoms with E-state index in [0.717, 1.165) is 22.1 Å². The second-order valence-corrected chi connectivity index (χ2v) is 4.78. The molecule has 1 aromatic carbocycles. The van der Waals surface area contributed by atoms with E-state index < -0.39 is 0 Å². The molecule has 0 bridgehead atoms. The molecule has 0 unspecified atom stereocenters. The van der Waals surface area contributed by atoms with E-state index in [2.05, 4.69) is 22.5 Å². The molecule has 1 aromatic heterocycles. The second-order valence-electron chi connectivity index (χ2n) is 4.34. The largest absolute Gasteiger partial charge is 0.323 e. The summed E-state index contributed by atoms with van der Waals surface area (Å²) in [5.74, 6) is 0.947. The maximum Gasteiger partial charge on any atom is 0.323 e. The highest BCUT2D eigenvalue weighted by molar-refractivity contribution is 6.30. The molecule has 0 aliphatic carbocycles. The zero-order chi connectivity index (χ0) is 13.1. The van der Waals surface area contributed by atoms with Gasteiger partial charge in [0.25, 0.3) is 0 Å². The Kier molecular flexibility index (Phi) is 3.78. The highest BCUT2D eigenvalue weighted by Crippen LogP contribution is 2.11. The van der Waals surface area contributed by atoms with Crippen molar-refractivity contribution in [2.24, 2.45) is 7.05 Å². The summed E-state index contributed by atoms with van der Waals surface area (Å²) in [6, 6.07) is 9.81. The fourth-order valence-corrected chi connectivity index (χ4v) is 1.89. The molecule has 0 fully saturated rings. The van der Waals surface area contributed by atoms with Crippen LogP contribution in [0.25, 0.3) is 12.2 Å². The molecule has 3 heteroatoms. The van der Waals surface area contributed by atoms with E-state index >= 15 is 0 Å². The number of rotatable bonds is 2. The van der Waals surface area contributed by atoms with Crippen LogP contribution < -0.4 is 4.57 Å². The molecule has 0 atom stereocenters. The van der Waals surface area contributed by atoms with Crippen molar-refractivity contribution in [1.82, 2.24) is 4.98 Å². The van der Waals surface area contributed by atoms with Crippen molar-refractivity contribution in [3.05, 3.63) is 58.1 Å². The lowest BCUT2D eigenvalue weighted by Gasteiger charge is -1.99. The van der Waals surface area contributed by atoms with Crippen LogP contribution in [0, 0.1) is 13.8 Å². The highest BCUT2D eigenvalue weighted by atomic mass is 35.5. The molecule has 0 spiro atoms. The predicted octanol–water partition coefficient (Wildman–Crippen LogP) is 3.35. The van der Waals surface area contributed by atoms with Crippen LogP contribution in [0.3, 0.4) is 0 Å². The van der Waals surface area contributed by atoms with Crippen molar-refractivity contribution in [2.45, 2.75) is 13.8 Å². The third kappa shape index (κ3) is 2.96. The van der Waals surface area contributed by atoms with E-state index in [0.29, 0.717) is 0 Å². The van der Waals surface area contributed by atoms with Gasteiger partial charge in [-0.2, -0.15) is 0 Å². The zero-order valence-corrected chi connectivity index (χ0v) is 11.6.